The second kappa shape index (κ2) is 10.1. The van der Waals surface area contributed by atoms with Gasteiger partial charge in [-0.1, -0.05) is 13.8 Å². The summed E-state index contributed by atoms with van der Waals surface area (Å²) in [7, 11) is -0.983. The van der Waals surface area contributed by atoms with Crippen LogP contribution >= 0.6 is 0 Å². The van der Waals surface area contributed by atoms with Gasteiger partial charge >= 0.3 is 5.97 Å². The molecule has 0 amide bonds. The van der Waals surface area contributed by atoms with Crippen LogP contribution in [0, 0.1) is 5.92 Å². The molecule has 0 aliphatic rings. The van der Waals surface area contributed by atoms with E-state index in [2.05, 4.69) is 4.72 Å². The average molecular weight is 326 g/mol. The fourth-order valence-electron chi connectivity index (χ4n) is 1.66. The number of rotatable bonds is 12. The van der Waals surface area contributed by atoms with Crippen LogP contribution in [-0.4, -0.2) is 70.4 Å². The van der Waals surface area contributed by atoms with Gasteiger partial charge in [0.25, 0.3) is 10.2 Å². The van der Waals surface area contributed by atoms with E-state index in [9.17, 15) is 13.2 Å². The van der Waals surface area contributed by atoms with Crippen molar-refractivity contribution >= 4 is 16.2 Å². The minimum atomic E-state index is -3.91. The van der Waals surface area contributed by atoms with Gasteiger partial charge in [0.2, 0.25) is 0 Å². The number of carboxylic acids is 1. The summed E-state index contributed by atoms with van der Waals surface area (Å²) >= 11 is 0. The molecule has 0 rings (SSSR count). The molecule has 0 aliphatic carbocycles. The van der Waals surface area contributed by atoms with Crippen molar-refractivity contribution in [3.8, 4) is 0 Å². The third-order valence-electron chi connectivity index (χ3n) is 2.73. The van der Waals surface area contributed by atoms with Gasteiger partial charge in [-0.3, -0.25) is 4.79 Å². The van der Waals surface area contributed by atoms with E-state index in [1.165, 1.54) is 14.2 Å². The molecule has 1 atom stereocenters. The predicted molar refractivity (Wildman–Crippen MR) is 78.3 cm³/mol. The summed E-state index contributed by atoms with van der Waals surface area (Å²) in [5.41, 5.74) is 0. The molecule has 0 aliphatic heterocycles. The molecule has 126 valence electrons. The average Bonchev–Trinajstić information content (AvgIpc) is 2.36. The van der Waals surface area contributed by atoms with Crippen LogP contribution in [0.4, 0.5) is 0 Å². The van der Waals surface area contributed by atoms with E-state index in [4.69, 9.17) is 14.6 Å². The Hall–Kier alpha value is -0.740. The topological polar surface area (TPSA) is 105 Å². The monoisotopic (exact) mass is 326 g/mol. The van der Waals surface area contributed by atoms with Gasteiger partial charge in [0.05, 0.1) is 13.2 Å². The van der Waals surface area contributed by atoms with E-state index in [1.807, 2.05) is 13.8 Å². The minimum Gasteiger partial charge on any atom is -0.480 e. The number of nitrogens with zero attached hydrogens (tertiary/aromatic N) is 1. The van der Waals surface area contributed by atoms with Crippen molar-refractivity contribution in [2.24, 2.45) is 5.92 Å². The number of ether oxygens (including phenoxy) is 2. The number of hydrogen-bond acceptors (Lipinski definition) is 5. The van der Waals surface area contributed by atoms with Gasteiger partial charge < -0.3 is 14.6 Å². The first-order valence-electron chi connectivity index (χ1n) is 6.72. The molecule has 0 saturated carbocycles. The first-order chi connectivity index (χ1) is 9.74. The Morgan fingerprint density at radius 3 is 2.00 bits per heavy atom. The normalized spacial score (nSPS) is 13.8. The maximum absolute atomic E-state index is 12.3. The van der Waals surface area contributed by atoms with E-state index in [1.54, 1.807) is 0 Å². The third-order valence-corrected chi connectivity index (χ3v) is 4.35. The molecule has 0 fully saturated rings. The predicted octanol–water partition coefficient (Wildman–Crippen LogP) is -0.0851. The maximum atomic E-state index is 12.3. The van der Waals surface area contributed by atoms with Gasteiger partial charge in [-0.2, -0.15) is 17.4 Å². The molecule has 2 N–H and O–H groups in total. The molecule has 0 aromatic heterocycles. The molecular weight excluding hydrogens is 300 g/mol. The first kappa shape index (κ1) is 20.3. The van der Waals surface area contributed by atoms with E-state index in [0.717, 1.165) is 4.31 Å². The SMILES string of the molecule is COCCN(CCOC)S(=O)(=O)NC(CC(C)C)C(=O)O. The Bertz CT molecular complexity index is 391. The lowest BCUT2D eigenvalue weighted by Gasteiger charge is -2.24. The standard InChI is InChI=1S/C12H26N2O6S/c1-10(2)9-11(12(15)16)13-21(17,18)14(5-7-19-3)6-8-20-4/h10-11,13H,5-9H2,1-4H3,(H,15,16). The van der Waals surface area contributed by atoms with Gasteiger partial charge in [-0.05, 0) is 12.3 Å². The Labute approximate surface area is 126 Å². The highest BCUT2D eigenvalue weighted by atomic mass is 32.2. The van der Waals surface area contributed by atoms with E-state index in [0.29, 0.717) is 0 Å². The molecule has 9 heteroatoms. The van der Waals surface area contributed by atoms with Gasteiger partial charge in [0, 0.05) is 27.3 Å². The summed E-state index contributed by atoms with van der Waals surface area (Å²) < 4.78 is 37.7. The van der Waals surface area contributed by atoms with E-state index < -0.39 is 22.2 Å². The third kappa shape index (κ3) is 8.32. The Morgan fingerprint density at radius 1 is 1.19 bits per heavy atom. The summed E-state index contributed by atoms with van der Waals surface area (Å²) in [4.78, 5) is 11.2. The van der Waals surface area contributed by atoms with Crippen molar-refractivity contribution in [1.29, 1.82) is 0 Å². The van der Waals surface area contributed by atoms with Crippen LogP contribution in [0.15, 0.2) is 0 Å². The van der Waals surface area contributed by atoms with Crippen LogP contribution in [0.1, 0.15) is 20.3 Å². The summed E-state index contributed by atoms with van der Waals surface area (Å²) in [6, 6.07) is -1.15. The van der Waals surface area contributed by atoms with Crippen molar-refractivity contribution < 1.29 is 27.8 Å². The molecule has 0 saturated heterocycles. The zero-order chi connectivity index (χ0) is 16.5. The van der Waals surface area contributed by atoms with Gasteiger partial charge in [-0.25, -0.2) is 0 Å². The number of carboxylic acid groups (broad SMARTS) is 1. The highest BCUT2D eigenvalue weighted by Gasteiger charge is 2.29. The quantitative estimate of drug-likeness (QED) is 0.519. The number of carbonyl (C=O) groups is 1. The van der Waals surface area contributed by atoms with Crippen molar-refractivity contribution in [2.45, 2.75) is 26.3 Å². The van der Waals surface area contributed by atoms with E-state index in [-0.39, 0.29) is 38.6 Å². The Morgan fingerprint density at radius 2 is 1.67 bits per heavy atom. The number of hydrogen-bond donors (Lipinski definition) is 2. The summed E-state index contributed by atoms with van der Waals surface area (Å²) in [5, 5.41) is 9.12. The number of nitrogens with one attached hydrogen (secondary N) is 1. The molecule has 0 radical (unpaired) electrons. The number of aliphatic carboxylic acids is 1. The van der Waals surface area contributed by atoms with Gasteiger partial charge in [0.1, 0.15) is 6.04 Å². The molecule has 0 heterocycles. The van der Waals surface area contributed by atoms with E-state index >= 15 is 0 Å². The molecule has 1 unspecified atom stereocenters. The zero-order valence-electron chi connectivity index (χ0n) is 13.0. The Kier molecular flexibility index (Phi) is 9.71. The van der Waals surface area contributed by atoms with Gasteiger partial charge in [0.15, 0.2) is 0 Å². The van der Waals surface area contributed by atoms with Crippen LogP contribution in [0.3, 0.4) is 0 Å². The highest BCUT2D eigenvalue weighted by Crippen LogP contribution is 2.08. The van der Waals surface area contributed by atoms with Crippen molar-refractivity contribution in [3.05, 3.63) is 0 Å². The van der Waals surface area contributed by atoms with Crippen molar-refractivity contribution in [3.63, 3.8) is 0 Å². The molecule has 0 aromatic carbocycles. The van der Waals surface area contributed by atoms with Crippen LogP contribution in [0.5, 0.6) is 0 Å². The van der Waals surface area contributed by atoms with Crippen molar-refractivity contribution in [1.82, 2.24) is 9.03 Å². The zero-order valence-corrected chi connectivity index (χ0v) is 13.9. The molecule has 0 aromatic rings. The molecule has 21 heavy (non-hydrogen) atoms. The lowest BCUT2D eigenvalue weighted by atomic mass is 10.1. The highest BCUT2D eigenvalue weighted by molar-refractivity contribution is 7.87. The second-order valence-electron chi connectivity index (χ2n) is 5.03. The van der Waals surface area contributed by atoms with Crippen LogP contribution < -0.4 is 4.72 Å². The lowest BCUT2D eigenvalue weighted by Crippen LogP contribution is -2.50. The minimum absolute atomic E-state index is 0.0557. The fraction of sp³-hybridized carbons (Fsp3) is 0.917. The van der Waals surface area contributed by atoms with Crippen molar-refractivity contribution in [2.75, 3.05) is 40.5 Å². The molecule has 0 bridgehead atoms. The first-order valence-corrected chi connectivity index (χ1v) is 8.16. The lowest BCUT2D eigenvalue weighted by molar-refractivity contribution is -0.139. The molecule has 8 nitrogen and oxygen atoms in total. The summed E-state index contributed by atoms with van der Waals surface area (Å²) in [6.45, 7) is 4.35. The van der Waals surface area contributed by atoms with Crippen LogP contribution in [0.25, 0.3) is 0 Å². The smallest absolute Gasteiger partial charge is 0.321 e. The van der Waals surface area contributed by atoms with Crippen LogP contribution in [-0.2, 0) is 24.5 Å². The summed E-state index contributed by atoms with van der Waals surface area (Å²) in [6.07, 6.45) is 0.219. The second-order valence-corrected chi connectivity index (χ2v) is 6.73. The van der Waals surface area contributed by atoms with Crippen LogP contribution in [0.2, 0.25) is 0 Å². The largest absolute Gasteiger partial charge is 0.480 e. The molecule has 0 spiro atoms. The Balaban J connectivity index is 4.94. The van der Waals surface area contributed by atoms with Gasteiger partial charge in [-0.15, -0.1) is 0 Å². The summed E-state index contributed by atoms with van der Waals surface area (Å²) in [5.74, 6) is -1.13. The number of methoxy groups -OCH3 is 2. The molecular formula is C12H26N2O6S. The fourth-order valence-corrected chi connectivity index (χ4v) is 3.00. The maximum Gasteiger partial charge on any atom is 0.321 e.